The molecule has 1 aliphatic heterocycles. The molecule has 90 valence electrons. The monoisotopic (exact) mass is 230 g/mol. The Balaban J connectivity index is 1.53. The van der Waals surface area contributed by atoms with Crippen molar-refractivity contribution in [2.24, 2.45) is 5.92 Å². The average Bonchev–Trinajstić information content (AvgIpc) is 3.03. The molecular formula is C14H18N2O. The van der Waals surface area contributed by atoms with Crippen LogP contribution in [0.5, 0.6) is 0 Å². The Kier molecular flexibility index (Phi) is 1.88. The lowest BCUT2D eigenvalue weighted by molar-refractivity contribution is -0.00975. The average molecular weight is 230 g/mol. The molecule has 0 aromatic carbocycles. The van der Waals surface area contributed by atoms with E-state index >= 15 is 0 Å². The molecule has 0 radical (unpaired) electrons. The molecule has 2 aliphatic carbocycles. The van der Waals surface area contributed by atoms with E-state index in [9.17, 15) is 5.11 Å². The van der Waals surface area contributed by atoms with Gasteiger partial charge in [-0.1, -0.05) is 6.07 Å². The van der Waals surface area contributed by atoms with Crippen LogP contribution in [0.2, 0.25) is 0 Å². The van der Waals surface area contributed by atoms with Crippen molar-refractivity contribution >= 4 is 5.82 Å². The van der Waals surface area contributed by atoms with Gasteiger partial charge >= 0.3 is 0 Å². The predicted molar refractivity (Wildman–Crippen MR) is 66.1 cm³/mol. The van der Waals surface area contributed by atoms with E-state index in [0.29, 0.717) is 5.92 Å². The minimum absolute atomic E-state index is 0.402. The van der Waals surface area contributed by atoms with Gasteiger partial charge in [-0.25, -0.2) is 4.98 Å². The molecule has 1 aromatic heterocycles. The van der Waals surface area contributed by atoms with Crippen molar-refractivity contribution in [3.63, 3.8) is 0 Å². The van der Waals surface area contributed by atoms with Crippen molar-refractivity contribution in [2.75, 3.05) is 18.0 Å². The fraction of sp³-hybridized carbons (Fsp3) is 0.643. The van der Waals surface area contributed by atoms with Crippen LogP contribution in [0.3, 0.4) is 0 Å². The summed E-state index contributed by atoms with van der Waals surface area (Å²) in [6.07, 6.45) is 5.99. The topological polar surface area (TPSA) is 36.4 Å². The lowest BCUT2D eigenvalue weighted by atomic mass is 9.89. The number of aromatic nitrogens is 1. The van der Waals surface area contributed by atoms with Crippen molar-refractivity contribution in [3.05, 3.63) is 23.4 Å². The maximum absolute atomic E-state index is 10.3. The summed E-state index contributed by atoms with van der Waals surface area (Å²) in [6.45, 7) is 1.56. The summed E-state index contributed by atoms with van der Waals surface area (Å²) >= 11 is 0. The highest BCUT2D eigenvalue weighted by Crippen LogP contribution is 2.45. The van der Waals surface area contributed by atoms with Crippen LogP contribution in [0.4, 0.5) is 5.82 Å². The fourth-order valence-corrected chi connectivity index (χ4v) is 3.24. The number of β-amino-alcohol motifs (C(OH)–C–C–N with tert-alkyl or cyclic N) is 1. The maximum Gasteiger partial charge on any atom is 0.129 e. The third kappa shape index (κ3) is 1.48. The standard InChI is InChI=1S/C14H18N2O/c17-14(11-5-6-11)8-16(9-14)13-7-4-10-2-1-3-12(10)15-13/h4,7,11,17H,1-3,5-6,8-9H2. The Morgan fingerprint density at radius 3 is 2.82 bits per heavy atom. The molecule has 1 saturated carbocycles. The predicted octanol–water partition coefficient (Wildman–Crippen LogP) is 1.53. The van der Waals surface area contributed by atoms with Gasteiger partial charge in [-0.15, -0.1) is 0 Å². The van der Waals surface area contributed by atoms with Crippen LogP contribution in [0.25, 0.3) is 0 Å². The van der Waals surface area contributed by atoms with Crippen LogP contribution in [-0.2, 0) is 12.8 Å². The van der Waals surface area contributed by atoms with E-state index in [2.05, 4.69) is 17.0 Å². The number of nitrogens with zero attached hydrogens (tertiary/aromatic N) is 2. The lowest BCUT2D eigenvalue weighted by Gasteiger charge is -2.47. The van der Waals surface area contributed by atoms with Crippen LogP contribution < -0.4 is 4.90 Å². The molecule has 2 heterocycles. The third-order valence-corrected chi connectivity index (χ3v) is 4.50. The second-order valence-electron chi connectivity index (χ2n) is 5.86. The molecule has 0 amide bonds. The molecule has 0 bridgehead atoms. The quantitative estimate of drug-likeness (QED) is 0.837. The summed E-state index contributed by atoms with van der Waals surface area (Å²) in [4.78, 5) is 6.95. The van der Waals surface area contributed by atoms with E-state index in [-0.39, 0.29) is 0 Å². The summed E-state index contributed by atoms with van der Waals surface area (Å²) in [5, 5.41) is 10.3. The number of anilines is 1. The number of aliphatic hydroxyl groups is 1. The van der Waals surface area contributed by atoms with Crippen LogP contribution >= 0.6 is 0 Å². The van der Waals surface area contributed by atoms with E-state index in [1.54, 1.807) is 0 Å². The summed E-state index contributed by atoms with van der Waals surface area (Å²) in [5.74, 6) is 1.63. The highest BCUT2D eigenvalue weighted by atomic mass is 16.3. The number of rotatable bonds is 2. The normalized spacial score (nSPS) is 25.6. The highest BCUT2D eigenvalue weighted by molar-refractivity contribution is 5.47. The highest BCUT2D eigenvalue weighted by Gasteiger charge is 2.52. The van der Waals surface area contributed by atoms with Crippen molar-refractivity contribution in [2.45, 2.75) is 37.7 Å². The number of hydrogen-bond acceptors (Lipinski definition) is 3. The number of fused-ring (bicyclic) bond motifs is 1. The maximum atomic E-state index is 10.3. The third-order valence-electron chi connectivity index (χ3n) is 4.50. The van der Waals surface area contributed by atoms with E-state index in [1.807, 2.05) is 0 Å². The molecule has 3 nitrogen and oxygen atoms in total. The van der Waals surface area contributed by atoms with Crippen molar-refractivity contribution in [1.82, 2.24) is 4.98 Å². The number of aryl methyl sites for hydroxylation is 2. The van der Waals surface area contributed by atoms with Gasteiger partial charge in [-0.2, -0.15) is 0 Å². The first kappa shape index (κ1) is 9.89. The minimum Gasteiger partial charge on any atom is -0.386 e. The van der Waals surface area contributed by atoms with E-state index in [4.69, 9.17) is 4.98 Å². The number of hydrogen-bond donors (Lipinski definition) is 1. The molecule has 1 N–H and O–H groups in total. The van der Waals surface area contributed by atoms with Gasteiger partial charge in [0.2, 0.25) is 0 Å². The molecule has 0 spiro atoms. The van der Waals surface area contributed by atoms with E-state index < -0.39 is 5.60 Å². The fourth-order valence-electron chi connectivity index (χ4n) is 3.24. The SMILES string of the molecule is OC1(C2CC2)CN(c2ccc3c(n2)CCC3)C1. The first-order chi connectivity index (χ1) is 8.24. The Labute approximate surface area is 101 Å². The van der Waals surface area contributed by atoms with Gasteiger partial charge in [0.25, 0.3) is 0 Å². The van der Waals surface area contributed by atoms with E-state index in [1.165, 1.54) is 36.9 Å². The summed E-state index contributed by atoms with van der Waals surface area (Å²) in [5.41, 5.74) is 2.30. The van der Waals surface area contributed by atoms with Crippen molar-refractivity contribution < 1.29 is 5.11 Å². The molecule has 2 fully saturated rings. The Hall–Kier alpha value is -1.09. The van der Waals surface area contributed by atoms with Gasteiger partial charge in [-0.05, 0) is 49.7 Å². The molecule has 1 aromatic rings. The van der Waals surface area contributed by atoms with Crippen LogP contribution in [0, 0.1) is 5.92 Å². The van der Waals surface area contributed by atoms with Gasteiger partial charge < -0.3 is 10.0 Å². The molecule has 0 atom stereocenters. The van der Waals surface area contributed by atoms with Crippen molar-refractivity contribution in [1.29, 1.82) is 0 Å². The molecule has 0 unspecified atom stereocenters. The Morgan fingerprint density at radius 1 is 1.24 bits per heavy atom. The second kappa shape index (κ2) is 3.22. The first-order valence-electron chi connectivity index (χ1n) is 6.71. The Morgan fingerprint density at radius 2 is 2.06 bits per heavy atom. The second-order valence-corrected chi connectivity index (χ2v) is 5.86. The van der Waals surface area contributed by atoms with Gasteiger partial charge in [0.15, 0.2) is 0 Å². The Bertz CT molecular complexity index is 461. The van der Waals surface area contributed by atoms with Gasteiger partial charge in [0.05, 0.1) is 13.1 Å². The zero-order chi connectivity index (χ0) is 11.5. The largest absolute Gasteiger partial charge is 0.386 e. The van der Waals surface area contributed by atoms with Crippen molar-refractivity contribution in [3.8, 4) is 0 Å². The van der Waals surface area contributed by atoms with E-state index in [0.717, 1.165) is 25.3 Å². The molecular weight excluding hydrogens is 212 g/mol. The summed E-state index contributed by atoms with van der Waals surface area (Å²) in [7, 11) is 0. The molecule has 3 aliphatic rings. The minimum atomic E-state index is -0.402. The van der Waals surface area contributed by atoms with Gasteiger partial charge in [0.1, 0.15) is 11.4 Å². The molecule has 3 heteroatoms. The lowest BCUT2D eigenvalue weighted by Crippen LogP contribution is -2.63. The zero-order valence-corrected chi connectivity index (χ0v) is 10.0. The smallest absolute Gasteiger partial charge is 0.129 e. The molecule has 17 heavy (non-hydrogen) atoms. The van der Waals surface area contributed by atoms with Gasteiger partial charge in [-0.3, -0.25) is 0 Å². The first-order valence-corrected chi connectivity index (χ1v) is 6.71. The van der Waals surface area contributed by atoms with Crippen LogP contribution in [0.15, 0.2) is 12.1 Å². The number of pyridine rings is 1. The van der Waals surface area contributed by atoms with Gasteiger partial charge in [0, 0.05) is 5.69 Å². The summed E-state index contributed by atoms with van der Waals surface area (Å²) in [6, 6.07) is 4.34. The molecule has 1 saturated heterocycles. The zero-order valence-electron chi connectivity index (χ0n) is 10.0. The molecule has 4 rings (SSSR count). The van der Waals surface area contributed by atoms with Crippen LogP contribution in [0.1, 0.15) is 30.5 Å². The summed E-state index contributed by atoms with van der Waals surface area (Å²) < 4.78 is 0. The van der Waals surface area contributed by atoms with Crippen LogP contribution in [-0.4, -0.2) is 28.8 Å².